The molecule has 0 aliphatic carbocycles. The third-order valence-corrected chi connectivity index (χ3v) is 4.57. The largest absolute Gasteiger partial charge is 0.493 e. The minimum Gasteiger partial charge on any atom is -0.493 e. The summed E-state index contributed by atoms with van der Waals surface area (Å²) in [5.41, 5.74) is 5.96. The number of hydrogen-bond acceptors (Lipinski definition) is 6. The van der Waals surface area contributed by atoms with E-state index in [0.717, 1.165) is 33.0 Å². The number of para-hydroxylation sites is 1. The topological polar surface area (TPSA) is 55.7 Å². The van der Waals surface area contributed by atoms with Crippen molar-refractivity contribution in [2.45, 2.75) is 13.3 Å². The molecule has 5 nitrogen and oxygen atoms in total. The van der Waals surface area contributed by atoms with E-state index < -0.39 is 0 Å². The third-order valence-electron chi connectivity index (χ3n) is 3.63. The number of rotatable bonds is 6. The zero-order chi connectivity index (χ0) is 16.9. The summed E-state index contributed by atoms with van der Waals surface area (Å²) in [5.74, 6) is 1.40. The molecular formula is C18H19N3O2S. The number of ether oxygens (including phenoxy) is 2. The van der Waals surface area contributed by atoms with E-state index in [1.54, 1.807) is 25.6 Å². The number of hydrazone groups is 1. The fraction of sp³-hybridized carbons (Fsp3) is 0.222. The standard InChI is InChI=1S/C18H19N3O2S/c1-4-13(12-9-10-15(22-2)16(11-12)23-3)20-21-18-19-14-7-5-6-8-17(14)24-18/h5-11H,4H2,1-3H3,(H,19,21)/b20-13+. The van der Waals surface area contributed by atoms with Crippen molar-refractivity contribution < 1.29 is 9.47 Å². The van der Waals surface area contributed by atoms with E-state index in [4.69, 9.17) is 9.47 Å². The van der Waals surface area contributed by atoms with E-state index in [-0.39, 0.29) is 0 Å². The Kier molecular flexibility index (Phi) is 4.96. The Morgan fingerprint density at radius 2 is 1.92 bits per heavy atom. The quantitative estimate of drug-likeness (QED) is 0.528. The van der Waals surface area contributed by atoms with E-state index in [2.05, 4.69) is 28.5 Å². The van der Waals surface area contributed by atoms with Gasteiger partial charge in [0.15, 0.2) is 11.5 Å². The number of fused-ring (bicyclic) bond motifs is 1. The number of nitrogens with one attached hydrogen (secondary N) is 1. The Balaban J connectivity index is 1.86. The lowest BCUT2D eigenvalue weighted by atomic mass is 10.1. The van der Waals surface area contributed by atoms with E-state index in [0.29, 0.717) is 11.5 Å². The second kappa shape index (κ2) is 7.31. The van der Waals surface area contributed by atoms with Crippen LogP contribution in [0.5, 0.6) is 11.5 Å². The van der Waals surface area contributed by atoms with Gasteiger partial charge in [0.2, 0.25) is 5.13 Å². The van der Waals surface area contributed by atoms with Crippen LogP contribution in [-0.2, 0) is 0 Å². The molecule has 0 fully saturated rings. The molecule has 0 bridgehead atoms. The van der Waals surface area contributed by atoms with Crippen molar-refractivity contribution in [1.82, 2.24) is 4.98 Å². The second-order valence-corrected chi connectivity index (χ2v) is 6.11. The lowest BCUT2D eigenvalue weighted by Crippen LogP contribution is -2.04. The molecule has 1 aromatic heterocycles. The molecule has 0 unspecified atom stereocenters. The van der Waals surface area contributed by atoms with Crippen molar-refractivity contribution in [1.29, 1.82) is 0 Å². The van der Waals surface area contributed by atoms with Crippen molar-refractivity contribution in [3.63, 3.8) is 0 Å². The molecule has 3 rings (SSSR count). The normalized spacial score (nSPS) is 11.5. The summed E-state index contributed by atoms with van der Waals surface area (Å²) in [7, 11) is 3.25. The van der Waals surface area contributed by atoms with Crippen molar-refractivity contribution in [3.05, 3.63) is 48.0 Å². The maximum absolute atomic E-state index is 5.36. The number of anilines is 1. The molecular weight excluding hydrogens is 322 g/mol. The first-order valence-electron chi connectivity index (χ1n) is 7.65. The summed E-state index contributed by atoms with van der Waals surface area (Å²) in [4.78, 5) is 4.53. The number of thiazole rings is 1. The Morgan fingerprint density at radius 1 is 1.12 bits per heavy atom. The molecule has 0 atom stereocenters. The van der Waals surface area contributed by atoms with E-state index in [1.165, 1.54) is 0 Å². The summed E-state index contributed by atoms with van der Waals surface area (Å²) in [5, 5.41) is 5.31. The van der Waals surface area contributed by atoms with Crippen LogP contribution in [0.1, 0.15) is 18.9 Å². The zero-order valence-electron chi connectivity index (χ0n) is 13.9. The Hall–Kier alpha value is -2.60. The van der Waals surface area contributed by atoms with Crippen LogP contribution < -0.4 is 14.9 Å². The number of methoxy groups -OCH3 is 2. The van der Waals surface area contributed by atoms with Gasteiger partial charge in [-0.25, -0.2) is 4.98 Å². The Morgan fingerprint density at radius 3 is 2.62 bits per heavy atom. The Bertz CT molecular complexity index is 841. The second-order valence-electron chi connectivity index (χ2n) is 5.08. The van der Waals surface area contributed by atoms with Crippen LogP contribution in [0.4, 0.5) is 5.13 Å². The third kappa shape index (κ3) is 3.33. The highest BCUT2D eigenvalue weighted by Gasteiger charge is 2.09. The van der Waals surface area contributed by atoms with Crippen molar-refractivity contribution in [3.8, 4) is 11.5 Å². The number of aromatic nitrogens is 1. The lowest BCUT2D eigenvalue weighted by molar-refractivity contribution is 0.355. The molecule has 0 aliphatic rings. The maximum Gasteiger partial charge on any atom is 0.204 e. The van der Waals surface area contributed by atoms with Crippen molar-refractivity contribution >= 4 is 32.4 Å². The molecule has 0 saturated heterocycles. The number of hydrogen-bond donors (Lipinski definition) is 1. The van der Waals surface area contributed by atoms with Gasteiger partial charge in [-0.15, -0.1) is 0 Å². The number of benzene rings is 2. The molecule has 0 saturated carbocycles. The smallest absolute Gasteiger partial charge is 0.204 e. The highest BCUT2D eigenvalue weighted by molar-refractivity contribution is 7.22. The first kappa shape index (κ1) is 16.3. The van der Waals surface area contributed by atoms with Gasteiger partial charge in [0, 0.05) is 5.56 Å². The molecule has 124 valence electrons. The first-order chi connectivity index (χ1) is 11.7. The van der Waals surface area contributed by atoms with E-state index in [9.17, 15) is 0 Å². The van der Waals surface area contributed by atoms with Gasteiger partial charge >= 0.3 is 0 Å². The summed E-state index contributed by atoms with van der Waals surface area (Å²) < 4.78 is 11.8. The molecule has 0 aliphatic heterocycles. The van der Waals surface area contributed by atoms with Crippen molar-refractivity contribution in [2.24, 2.45) is 5.10 Å². The first-order valence-corrected chi connectivity index (χ1v) is 8.47. The molecule has 1 heterocycles. The molecule has 0 radical (unpaired) electrons. The Labute approximate surface area is 144 Å². The summed E-state index contributed by atoms with van der Waals surface area (Å²) in [6, 6.07) is 13.8. The minimum absolute atomic E-state index is 0.691. The summed E-state index contributed by atoms with van der Waals surface area (Å²) in [6.45, 7) is 2.07. The lowest BCUT2D eigenvalue weighted by Gasteiger charge is -2.10. The van der Waals surface area contributed by atoms with Crippen LogP contribution >= 0.6 is 11.3 Å². The van der Waals surface area contributed by atoms with Gasteiger partial charge in [-0.3, -0.25) is 5.43 Å². The molecule has 2 aromatic carbocycles. The predicted molar refractivity (Wildman–Crippen MR) is 99.6 cm³/mol. The molecule has 6 heteroatoms. The van der Waals surface area contributed by atoms with Gasteiger partial charge in [0.1, 0.15) is 0 Å². The molecule has 0 amide bonds. The van der Waals surface area contributed by atoms with Crippen LogP contribution in [-0.4, -0.2) is 24.9 Å². The van der Waals surface area contributed by atoms with Gasteiger partial charge in [0.05, 0.1) is 30.1 Å². The predicted octanol–water partition coefficient (Wildman–Crippen LogP) is 4.54. The minimum atomic E-state index is 0.691. The van der Waals surface area contributed by atoms with Gasteiger partial charge in [-0.05, 0) is 36.8 Å². The molecule has 3 aromatic rings. The van der Waals surface area contributed by atoms with Crippen LogP contribution in [0.25, 0.3) is 10.2 Å². The van der Waals surface area contributed by atoms with Gasteiger partial charge < -0.3 is 9.47 Å². The fourth-order valence-electron chi connectivity index (χ4n) is 2.40. The maximum atomic E-state index is 5.36. The summed E-state index contributed by atoms with van der Waals surface area (Å²) >= 11 is 1.58. The molecule has 1 N–H and O–H groups in total. The fourth-order valence-corrected chi connectivity index (χ4v) is 3.21. The van der Waals surface area contributed by atoms with Gasteiger partial charge in [-0.2, -0.15) is 5.10 Å². The molecule has 0 spiro atoms. The zero-order valence-corrected chi connectivity index (χ0v) is 14.7. The highest BCUT2D eigenvalue weighted by Crippen LogP contribution is 2.29. The average Bonchev–Trinajstić information content (AvgIpc) is 3.04. The van der Waals surface area contributed by atoms with E-state index >= 15 is 0 Å². The van der Waals surface area contributed by atoms with Crippen LogP contribution in [0.15, 0.2) is 47.6 Å². The van der Waals surface area contributed by atoms with Gasteiger partial charge in [0.25, 0.3) is 0 Å². The van der Waals surface area contributed by atoms with Gasteiger partial charge in [-0.1, -0.05) is 30.4 Å². The van der Waals surface area contributed by atoms with Crippen LogP contribution in [0.3, 0.4) is 0 Å². The SMILES string of the molecule is CC/C(=N\Nc1nc2ccccc2s1)c1ccc(OC)c(OC)c1. The average molecular weight is 341 g/mol. The highest BCUT2D eigenvalue weighted by atomic mass is 32.1. The van der Waals surface area contributed by atoms with Crippen LogP contribution in [0, 0.1) is 0 Å². The monoisotopic (exact) mass is 341 g/mol. The van der Waals surface area contributed by atoms with Crippen LogP contribution in [0.2, 0.25) is 0 Å². The van der Waals surface area contributed by atoms with Crippen molar-refractivity contribution in [2.75, 3.05) is 19.6 Å². The molecule has 24 heavy (non-hydrogen) atoms. The summed E-state index contributed by atoms with van der Waals surface area (Å²) in [6.07, 6.45) is 0.785. The number of nitrogens with zero attached hydrogens (tertiary/aromatic N) is 2. The van der Waals surface area contributed by atoms with E-state index in [1.807, 2.05) is 36.4 Å².